The van der Waals surface area contributed by atoms with Crippen molar-refractivity contribution in [3.8, 4) is 11.2 Å². The number of carbonyl (C=O) groups excluding carboxylic acids is 1. The van der Waals surface area contributed by atoms with E-state index in [9.17, 15) is 27.3 Å². The van der Waals surface area contributed by atoms with Gasteiger partial charge in [-0.05, 0) is 25.0 Å². The summed E-state index contributed by atoms with van der Waals surface area (Å²) < 4.78 is 62.8. The fourth-order valence-corrected chi connectivity index (χ4v) is 7.48. The van der Waals surface area contributed by atoms with Gasteiger partial charge >= 0.3 is 0 Å². The van der Waals surface area contributed by atoms with Crippen molar-refractivity contribution in [1.29, 1.82) is 5.26 Å². The summed E-state index contributed by atoms with van der Waals surface area (Å²) in [7, 11) is -4.09. The number of alkyl halides is 2. The number of amides is 1. The molecule has 1 atom stereocenters. The monoisotopic (exact) mass is 601 g/mol. The Bertz CT molecular complexity index is 1870. The fourth-order valence-electron chi connectivity index (χ4n) is 5.37. The van der Waals surface area contributed by atoms with Gasteiger partial charge in [-0.2, -0.15) is 9.98 Å². The molecule has 13 nitrogen and oxygen atoms in total. The van der Waals surface area contributed by atoms with Crippen LogP contribution in [-0.4, -0.2) is 88.4 Å². The average molecular weight is 602 g/mol. The van der Waals surface area contributed by atoms with E-state index in [2.05, 4.69) is 24.9 Å². The molecule has 0 radical (unpaired) electrons. The van der Waals surface area contributed by atoms with E-state index in [1.807, 2.05) is 11.0 Å². The summed E-state index contributed by atoms with van der Waals surface area (Å²) in [6, 6.07) is 6.29. The standard InChI is InChI=1S/C24H21F2N9O4S2/c25-19(26)22-30-31-23(40-22)35-16-7-14(41(37,38)32-24(11-27)3-4-24)1-2-15(16)18-20(28-12-29-21(18)35)33-5-6-34-13(8-33)9-39-10-17(34)36/h1-2,7,12-13,19,32H,3-6,8-10H2. The van der Waals surface area contributed by atoms with Gasteiger partial charge in [0, 0.05) is 25.0 Å². The molecule has 1 N–H and O–H groups in total. The lowest BCUT2D eigenvalue weighted by molar-refractivity contribution is -0.148. The molecule has 5 heterocycles. The number of aromatic nitrogens is 5. The van der Waals surface area contributed by atoms with Gasteiger partial charge in [-0.1, -0.05) is 17.4 Å². The quantitative estimate of drug-likeness (QED) is 0.345. The van der Waals surface area contributed by atoms with E-state index >= 15 is 0 Å². The van der Waals surface area contributed by atoms with E-state index in [0.29, 0.717) is 78.2 Å². The number of benzene rings is 1. The van der Waals surface area contributed by atoms with Gasteiger partial charge in [-0.25, -0.2) is 27.2 Å². The number of halogens is 2. The number of sulfonamides is 1. The Kier molecular flexibility index (Phi) is 5.94. The van der Waals surface area contributed by atoms with Crippen LogP contribution in [0.1, 0.15) is 24.3 Å². The number of nitriles is 1. The Labute approximate surface area is 235 Å². The predicted octanol–water partition coefficient (Wildman–Crippen LogP) is 1.74. The number of nitrogens with one attached hydrogen (secondary N) is 1. The molecular weight excluding hydrogens is 580 g/mol. The smallest absolute Gasteiger partial charge is 0.291 e. The second-order valence-electron chi connectivity index (χ2n) is 10.1. The SMILES string of the molecule is N#CC1(NS(=O)(=O)c2ccc3c4c(N5CCN6C(=O)COCC6C5)ncnc4n(-c4nnc(C(F)F)s4)c3c2)CC1. The molecule has 212 valence electrons. The summed E-state index contributed by atoms with van der Waals surface area (Å²) in [5.41, 5.74) is -0.451. The van der Waals surface area contributed by atoms with Crippen LogP contribution >= 0.6 is 11.3 Å². The van der Waals surface area contributed by atoms with Crippen LogP contribution in [0.2, 0.25) is 0 Å². The normalized spacial score (nSPS) is 20.5. The molecule has 2 saturated heterocycles. The lowest BCUT2D eigenvalue weighted by atomic mass is 10.1. The van der Waals surface area contributed by atoms with Crippen molar-refractivity contribution >= 4 is 55.0 Å². The molecule has 7 rings (SSSR count). The van der Waals surface area contributed by atoms with Gasteiger partial charge < -0.3 is 14.5 Å². The molecular formula is C24H21F2N9O4S2. The van der Waals surface area contributed by atoms with Crippen LogP contribution in [0.5, 0.6) is 0 Å². The lowest BCUT2D eigenvalue weighted by Crippen LogP contribution is -2.60. The number of morpholine rings is 1. The number of rotatable bonds is 6. The maximum Gasteiger partial charge on any atom is 0.291 e. The van der Waals surface area contributed by atoms with Crippen molar-refractivity contribution in [2.24, 2.45) is 0 Å². The largest absolute Gasteiger partial charge is 0.369 e. The van der Waals surface area contributed by atoms with E-state index in [1.165, 1.54) is 23.0 Å². The number of piperazine rings is 1. The van der Waals surface area contributed by atoms with Gasteiger partial charge in [0.05, 0.1) is 34.5 Å². The van der Waals surface area contributed by atoms with Gasteiger partial charge in [-0.3, -0.25) is 9.36 Å². The summed E-state index contributed by atoms with van der Waals surface area (Å²) in [5.74, 6) is 0.480. The van der Waals surface area contributed by atoms with Crippen LogP contribution < -0.4 is 9.62 Å². The van der Waals surface area contributed by atoms with Gasteiger partial charge in [0.2, 0.25) is 21.1 Å². The first-order valence-corrected chi connectivity index (χ1v) is 15.0. The first-order chi connectivity index (χ1) is 19.7. The minimum atomic E-state index is -4.09. The minimum absolute atomic E-state index is 0.0553. The van der Waals surface area contributed by atoms with E-state index in [0.717, 1.165) is 0 Å². The highest BCUT2D eigenvalue weighted by molar-refractivity contribution is 7.89. The zero-order chi connectivity index (χ0) is 28.5. The zero-order valence-corrected chi connectivity index (χ0v) is 22.8. The fraction of sp³-hybridized carbons (Fsp3) is 0.417. The Morgan fingerprint density at radius 3 is 2.78 bits per heavy atom. The molecule has 3 aliphatic rings. The molecule has 1 aliphatic carbocycles. The molecule has 1 amide bonds. The van der Waals surface area contributed by atoms with E-state index in [1.54, 1.807) is 11.0 Å². The molecule has 3 aromatic heterocycles. The minimum Gasteiger partial charge on any atom is -0.369 e. The van der Waals surface area contributed by atoms with Crippen LogP contribution in [0.25, 0.3) is 27.1 Å². The third kappa shape index (κ3) is 4.29. The van der Waals surface area contributed by atoms with E-state index in [4.69, 9.17) is 4.74 Å². The number of carbonyl (C=O) groups is 1. The van der Waals surface area contributed by atoms with Crippen LogP contribution in [0, 0.1) is 11.3 Å². The zero-order valence-electron chi connectivity index (χ0n) is 21.2. The molecule has 1 aromatic carbocycles. The summed E-state index contributed by atoms with van der Waals surface area (Å²) in [6.07, 6.45) is -0.663. The number of hydrogen-bond donors (Lipinski definition) is 1. The summed E-state index contributed by atoms with van der Waals surface area (Å²) >= 11 is 0.670. The van der Waals surface area contributed by atoms with Crippen LogP contribution in [0.4, 0.5) is 14.6 Å². The second kappa shape index (κ2) is 9.34. The maximum atomic E-state index is 13.5. The number of fused-ring (bicyclic) bond motifs is 4. The average Bonchev–Trinajstić information content (AvgIpc) is 3.40. The van der Waals surface area contributed by atoms with Crippen molar-refractivity contribution < 1.29 is 26.7 Å². The van der Waals surface area contributed by atoms with E-state index in [-0.39, 0.29) is 28.6 Å². The predicted molar refractivity (Wildman–Crippen MR) is 141 cm³/mol. The third-order valence-electron chi connectivity index (χ3n) is 7.55. The molecule has 3 fully saturated rings. The van der Waals surface area contributed by atoms with Crippen LogP contribution in [0.3, 0.4) is 0 Å². The van der Waals surface area contributed by atoms with Crippen molar-refractivity contribution in [3.05, 3.63) is 29.5 Å². The Morgan fingerprint density at radius 2 is 2.05 bits per heavy atom. The van der Waals surface area contributed by atoms with Gasteiger partial charge in [0.15, 0.2) is 10.7 Å². The molecule has 0 spiro atoms. The molecule has 1 saturated carbocycles. The summed E-state index contributed by atoms with van der Waals surface area (Å²) in [6.45, 7) is 1.85. The Morgan fingerprint density at radius 1 is 1.22 bits per heavy atom. The number of anilines is 1. The maximum absolute atomic E-state index is 13.5. The van der Waals surface area contributed by atoms with Gasteiger partial charge in [-0.15, -0.1) is 10.2 Å². The molecule has 41 heavy (non-hydrogen) atoms. The summed E-state index contributed by atoms with van der Waals surface area (Å²) in [5, 5.41) is 17.7. The molecule has 2 aliphatic heterocycles. The first-order valence-electron chi connectivity index (χ1n) is 12.7. The molecule has 17 heteroatoms. The summed E-state index contributed by atoms with van der Waals surface area (Å²) in [4.78, 5) is 25.0. The van der Waals surface area contributed by atoms with Gasteiger partial charge in [0.25, 0.3) is 6.43 Å². The van der Waals surface area contributed by atoms with Gasteiger partial charge in [0.1, 0.15) is 24.3 Å². The van der Waals surface area contributed by atoms with Crippen LogP contribution in [-0.2, 0) is 19.6 Å². The highest BCUT2D eigenvalue weighted by Gasteiger charge is 2.47. The molecule has 1 unspecified atom stereocenters. The lowest BCUT2D eigenvalue weighted by Gasteiger charge is -2.44. The molecule has 0 bridgehead atoms. The number of nitrogens with zero attached hydrogens (tertiary/aromatic N) is 8. The Hall–Kier alpha value is -3.85. The topological polar surface area (TPSA) is 159 Å². The van der Waals surface area contributed by atoms with Crippen molar-refractivity contribution in [2.45, 2.75) is 35.7 Å². The van der Waals surface area contributed by atoms with Crippen molar-refractivity contribution in [3.63, 3.8) is 0 Å². The van der Waals surface area contributed by atoms with Crippen LogP contribution in [0.15, 0.2) is 29.4 Å². The highest BCUT2D eigenvalue weighted by atomic mass is 32.2. The third-order valence-corrected chi connectivity index (χ3v) is 10.00. The Balaban J connectivity index is 1.40. The van der Waals surface area contributed by atoms with E-state index < -0.39 is 27.0 Å². The highest BCUT2D eigenvalue weighted by Crippen LogP contribution is 2.40. The number of ether oxygens (including phenoxy) is 1. The van der Waals surface area contributed by atoms with Crippen molar-refractivity contribution in [2.75, 3.05) is 37.7 Å². The number of hydrogen-bond acceptors (Lipinski definition) is 11. The molecule has 4 aromatic rings. The second-order valence-corrected chi connectivity index (χ2v) is 12.8. The van der Waals surface area contributed by atoms with Crippen molar-refractivity contribution in [1.82, 2.24) is 34.4 Å². The first kappa shape index (κ1) is 26.1.